The molecule has 0 bridgehead atoms. The maximum absolute atomic E-state index is 12.3. The fraction of sp³-hybridized carbons (Fsp3) is 0.150. The average molecular weight is 317 g/mol. The molecule has 1 heterocycles. The summed E-state index contributed by atoms with van der Waals surface area (Å²) in [6, 6.07) is 20.4. The maximum atomic E-state index is 12.3. The molecule has 1 aromatic heterocycles. The highest BCUT2D eigenvalue weighted by atomic mass is 16.1. The first-order valence-corrected chi connectivity index (χ1v) is 7.85. The summed E-state index contributed by atoms with van der Waals surface area (Å²) >= 11 is 0. The third-order valence-corrected chi connectivity index (χ3v) is 4.22. The van der Waals surface area contributed by atoms with E-state index in [-0.39, 0.29) is 11.3 Å². The summed E-state index contributed by atoms with van der Waals surface area (Å²) in [5, 5.41) is 3.00. The molecule has 4 heteroatoms. The zero-order valence-corrected chi connectivity index (χ0v) is 13.5. The van der Waals surface area contributed by atoms with Crippen LogP contribution in [0.2, 0.25) is 0 Å². The molecule has 1 amide bonds. The van der Waals surface area contributed by atoms with Crippen molar-refractivity contribution in [1.29, 1.82) is 0 Å². The predicted octanol–water partition coefficient (Wildman–Crippen LogP) is 3.21. The highest BCUT2D eigenvalue weighted by molar-refractivity contribution is 5.91. The van der Waals surface area contributed by atoms with Gasteiger partial charge in [0.15, 0.2) is 0 Å². The molecule has 0 aliphatic carbocycles. The van der Waals surface area contributed by atoms with E-state index in [1.165, 1.54) is 12.4 Å². The van der Waals surface area contributed by atoms with Gasteiger partial charge in [-0.1, -0.05) is 60.7 Å². The fourth-order valence-electron chi connectivity index (χ4n) is 2.75. The minimum atomic E-state index is -0.333. The lowest BCUT2D eigenvalue weighted by atomic mass is 9.76. The molecular formula is C20H19N3O. The number of rotatable bonds is 5. The molecule has 0 saturated heterocycles. The Morgan fingerprint density at radius 2 is 1.54 bits per heavy atom. The van der Waals surface area contributed by atoms with Gasteiger partial charge in [0.1, 0.15) is 5.69 Å². The van der Waals surface area contributed by atoms with Crippen molar-refractivity contribution in [2.75, 3.05) is 6.54 Å². The minimum absolute atomic E-state index is 0.221. The number of amides is 1. The van der Waals surface area contributed by atoms with E-state index in [0.717, 1.165) is 11.1 Å². The standard InChI is InChI=1S/C20H19N3O/c1-20(16-8-4-2-5-9-16,17-10-6-3-7-11-17)15-23-19(24)18-14-21-12-13-22-18/h2-14H,15H2,1H3,(H,23,24). The first kappa shape index (κ1) is 15.9. The highest BCUT2D eigenvalue weighted by Crippen LogP contribution is 2.31. The Balaban J connectivity index is 1.88. The van der Waals surface area contributed by atoms with Crippen LogP contribution in [0.1, 0.15) is 28.5 Å². The second-order valence-electron chi connectivity index (χ2n) is 5.84. The van der Waals surface area contributed by atoms with Crippen LogP contribution in [0.3, 0.4) is 0 Å². The summed E-state index contributed by atoms with van der Waals surface area (Å²) < 4.78 is 0. The molecule has 0 atom stereocenters. The molecule has 24 heavy (non-hydrogen) atoms. The molecule has 4 nitrogen and oxygen atoms in total. The molecule has 0 spiro atoms. The minimum Gasteiger partial charge on any atom is -0.349 e. The summed E-state index contributed by atoms with van der Waals surface area (Å²) in [5.41, 5.74) is 2.28. The van der Waals surface area contributed by atoms with Gasteiger partial charge in [-0.15, -0.1) is 0 Å². The van der Waals surface area contributed by atoms with Crippen LogP contribution in [0.5, 0.6) is 0 Å². The van der Waals surface area contributed by atoms with Crippen molar-refractivity contribution in [3.8, 4) is 0 Å². The number of nitrogens with one attached hydrogen (secondary N) is 1. The number of hydrogen-bond acceptors (Lipinski definition) is 3. The van der Waals surface area contributed by atoms with Gasteiger partial charge >= 0.3 is 0 Å². The van der Waals surface area contributed by atoms with E-state index < -0.39 is 0 Å². The van der Waals surface area contributed by atoms with Crippen LogP contribution in [-0.4, -0.2) is 22.4 Å². The van der Waals surface area contributed by atoms with Crippen molar-refractivity contribution < 1.29 is 4.79 Å². The summed E-state index contributed by atoms with van der Waals surface area (Å²) in [6.07, 6.45) is 4.54. The van der Waals surface area contributed by atoms with E-state index in [0.29, 0.717) is 12.2 Å². The largest absolute Gasteiger partial charge is 0.349 e. The van der Waals surface area contributed by atoms with Gasteiger partial charge in [-0.3, -0.25) is 9.78 Å². The zero-order chi connectivity index (χ0) is 16.8. The van der Waals surface area contributed by atoms with E-state index in [9.17, 15) is 4.79 Å². The second-order valence-corrected chi connectivity index (χ2v) is 5.84. The van der Waals surface area contributed by atoms with Crippen LogP contribution in [0.25, 0.3) is 0 Å². The molecular weight excluding hydrogens is 298 g/mol. The number of carbonyl (C=O) groups is 1. The Labute approximate surface area is 141 Å². The fourth-order valence-corrected chi connectivity index (χ4v) is 2.75. The third-order valence-electron chi connectivity index (χ3n) is 4.22. The van der Waals surface area contributed by atoms with Gasteiger partial charge in [-0.05, 0) is 18.1 Å². The Morgan fingerprint density at radius 1 is 0.958 bits per heavy atom. The number of nitrogens with zero attached hydrogens (tertiary/aromatic N) is 2. The second kappa shape index (κ2) is 7.04. The molecule has 0 radical (unpaired) electrons. The molecule has 0 fully saturated rings. The van der Waals surface area contributed by atoms with Crippen molar-refractivity contribution in [1.82, 2.24) is 15.3 Å². The van der Waals surface area contributed by atoms with Gasteiger partial charge in [0.05, 0.1) is 6.20 Å². The zero-order valence-electron chi connectivity index (χ0n) is 13.5. The monoisotopic (exact) mass is 317 g/mol. The smallest absolute Gasteiger partial charge is 0.271 e. The molecule has 0 saturated carbocycles. The first-order valence-electron chi connectivity index (χ1n) is 7.85. The Bertz CT molecular complexity index is 749. The SMILES string of the molecule is CC(CNC(=O)c1cnccn1)(c1ccccc1)c1ccccc1. The molecule has 2 aromatic carbocycles. The lowest BCUT2D eigenvalue weighted by Gasteiger charge is -2.31. The van der Waals surface area contributed by atoms with Crippen molar-refractivity contribution in [3.63, 3.8) is 0 Å². The number of aromatic nitrogens is 2. The molecule has 0 unspecified atom stereocenters. The number of carbonyl (C=O) groups excluding carboxylic acids is 1. The van der Waals surface area contributed by atoms with Gasteiger partial charge in [0.2, 0.25) is 0 Å². The van der Waals surface area contributed by atoms with Crippen LogP contribution in [0, 0.1) is 0 Å². The van der Waals surface area contributed by atoms with Crippen LogP contribution >= 0.6 is 0 Å². The van der Waals surface area contributed by atoms with Gasteiger partial charge in [0.25, 0.3) is 5.91 Å². The van der Waals surface area contributed by atoms with Crippen molar-refractivity contribution in [2.24, 2.45) is 0 Å². The van der Waals surface area contributed by atoms with E-state index >= 15 is 0 Å². The molecule has 0 aliphatic rings. The Morgan fingerprint density at radius 3 is 2.04 bits per heavy atom. The highest BCUT2D eigenvalue weighted by Gasteiger charge is 2.29. The van der Waals surface area contributed by atoms with Gasteiger partial charge < -0.3 is 5.32 Å². The van der Waals surface area contributed by atoms with Crippen LogP contribution in [0.15, 0.2) is 79.3 Å². The van der Waals surface area contributed by atoms with E-state index in [4.69, 9.17) is 0 Å². The van der Waals surface area contributed by atoms with Crippen molar-refractivity contribution in [2.45, 2.75) is 12.3 Å². The molecule has 0 aliphatic heterocycles. The summed E-state index contributed by atoms with van der Waals surface area (Å²) in [6.45, 7) is 2.60. The Hall–Kier alpha value is -3.01. The molecule has 120 valence electrons. The average Bonchev–Trinajstić information content (AvgIpc) is 2.68. The molecule has 3 rings (SSSR count). The van der Waals surface area contributed by atoms with Gasteiger partial charge in [-0.2, -0.15) is 0 Å². The van der Waals surface area contributed by atoms with E-state index in [1.807, 2.05) is 36.4 Å². The quantitative estimate of drug-likeness (QED) is 0.786. The summed E-state index contributed by atoms with van der Waals surface area (Å²) in [4.78, 5) is 20.3. The summed E-state index contributed by atoms with van der Waals surface area (Å²) in [5.74, 6) is -0.221. The van der Waals surface area contributed by atoms with Gasteiger partial charge in [-0.25, -0.2) is 4.98 Å². The first-order chi connectivity index (χ1) is 11.7. The maximum Gasteiger partial charge on any atom is 0.271 e. The lowest BCUT2D eigenvalue weighted by molar-refractivity contribution is 0.0942. The number of hydrogen-bond donors (Lipinski definition) is 1. The predicted molar refractivity (Wildman–Crippen MR) is 93.7 cm³/mol. The Kier molecular flexibility index (Phi) is 4.66. The van der Waals surface area contributed by atoms with Crippen LogP contribution < -0.4 is 5.32 Å². The number of benzene rings is 2. The van der Waals surface area contributed by atoms with Crippen LogP contribution in [-0.2, 0) is 5.41 Å². The normalized spacial score (nSPS) is 11.0. The lowest BCUT2D eigenvalue weighted by Crippen LogP contribution is -2.39. The third kappa shape index (κ3) is 3.33. The molecule has 1 N–H and O–H groups in total. The van der Waals surface area contributed by atoms with Crippen LogP contribution in [0.4, 0.5) is 0 Å². The van der Waals surface area contributed by atoms with E-state index in [1.54, 1.807) is 6.20 Å². The molecule has 3 aromatic rings. The van der Waals surface area contributed by atoms with E-state index in [2.05, 4.69) is 46.5 Å². The van der Waals surface area contributed by atoms with Crippen molar-refractivity contribution >= 4 is 5.91 Å². The van der Waals surface area contributed by atoms with Crippen molar-refractivity contribution in [3.05, 3.63) is 96.1 Å². The van der Waals surface area contributed by atoms with Gasteiger partial charge in [0, 0.05) is 24.4 Å². The topological polar surface area (TPSA) is 54.9 Å². The summed E-state index contributed by atoms with van der Waals surface area (Å²) in [7, 11) is 0.